The van der Waals surface area contributed by atoms with Crippen LogP contribution in [-0.2, 0) is 6.54 Å². The van der Waals surface area contributed by atoms with E-state index < -0.39 is 0 Å². The number of hydrogen-bond donors (Lipinski definition) is 1. The number of anilines is 1. The van der Waals surface area contributed by atoms with Gasteiger partial charge < -0.3 is 5.73 Å². The fourth-order valence-corrected chi connectivity index (χ4v) is 3.11. The Kier molecular flexibility index (Phi) is 4.08. The fraction of sp³-hybridized carbons (Fsp3) is 0.400. The number of halogens is 1. The molecule has 3 rings (SSSR count). The molecule has 1 saturated heterocycles. The Balaban J connectivity index is 1.56. The van der Waals surface area contributed by atoms with Crippen LogP contribution in [-0.4, -0.2) is 27.8 Å². The third-order valence-corrected chi connectivity index (χ3v) is 4.27. The van der Waals surface area contributed by atoms with Crippen molar-refractivity contribution in [2.45, 2.75) is 25.4 Å². The standard InChI is InChI=1S/C15H19BrN4/c16-13-9-18-20(11-13)15-4-6-19(7-5-15)10-12-2-1-3-14(17)8-12/h1-3,8-9,11,15H,4-7,10,17H2. The first-order chi connectivity index (χ1) is 9.70. The van der Waals surface area contributed by atoms with Gasteiger partial charge in [0.05, 0.1) is 16.7 Å². The average Bonchev–Trinajstić information content (AvgIpc) is 2.86. The second-order valence-electron chi connectivity index (χ2n) is 5.39. The summed E-state index contributed by atoms with van der Waals surface area (Å²) >= 11 is 3.46. The normalized spacial score (nSPS) is 17.4. The van der Waals surface area contributed by atoms with Crippen LogP contribution in [0.4, 0.5) is 5.69 Å². The molecular formula is C15H19BrN4. The molecule has 0 spiro atoms. The lowest BCUT2D eigenvalue weighted by Crippen LogP contribution is -2.34. The minimum atomic E-state index is 0.526. The van der Waals surface area contributed by atoms with Crippen LogP contribution < -0.4 is 5.73 Å². The van der Waals surface area contributed by atoms with Crippen LogP contribution in [0.1, 0.15) is 24.4 Å². The van der Waals surface area contributed by atoms with E-state index in [1.807, 2.05) is 18.3 Å². The number of nitrogen functional groups attached to an aromatic ring is 1. The number of aromatic nitrogens is 2. The maximum absolute atomic E-state index is 5.83. The van der Waals surface area contributed by atoms with Crippen LogP contribution in [0.25, 0.3) is 0 Å². The quantitative estimate of drug-likeness (QED) is 0.877. The molecule has 0 amide bonds. The lowest BCUT2D eigenvalue weighted by Gasteiger charge is -2.32. The van der Waals surface area contributed by atoms with Crippen molar-refractivity contribution in [1.82, 2.24) is 14.7 Å². The van der Waals surface area contributed by atoms with E-state index in [2.05, 4.69) is 48.9 Å². The highest BCUT2D eigenvalue weighted by Gasteiger charge is 2.21. The molecule has 4 nitrogen and oxygen atoms in total. The first-order valence-corrected chi connectivity index (χ1v) is 7.76. The third kappa shape index (κ3) is 3.22. The Morgan fingerprint density at radius 2 is 2.10 bits per heavy atom. The van der Waals surface area contributed by atoms with Crippen LogP contribution >= 0.6 is 15.9 Å². The highest BCUT2D eigenvalue weighted by Crippen LogP contribution is 2.24. The minimum Gasteiger partial charge on any atom is -0.399 e. The Morgan fingerprint density at radius 3 is 2.75 bits per heavy atom. The Hall–Kier alpha value is -1.33. The first kappa shape index (κ1) is 13.6. The molecule has 0 bridgehead atoms. The van der Waals surface area contributed by atoms with Gasteiger partial charge in [0.15, 0.2) is 0 Å². The summed E-state index contributed by atoms with van der Waals surface area (Å²) in [4.78, 5) is 2.49. The molecule has 1 fully saturated rings. The van der Waals surface area contributed by atoms with Gasteiger partial charge in [-0.05, 0) is 46.5 Å². The molecule has 2 aromatic rings. The van der Waals surface area contributed by atoms with Gasteiger partial charge in [0.1, 0.15) is 0 Å². The van der Waals surface area contributed by atoms with Gasteiger partial charge in [0.25, 0.3) is 0 Å². The number of nitrogens with two attached hydrogens (primary N) is 1. The Bertz CT molecular complexity index is 573. The number of likely N-dealkylation sites (tertiary alicyclic amines) is 1. The summed E-state index contributed by atoms with van der Waals surface area (Å²) in [5.74, 6) is 0. The molecule has 2 N–H and O–H groups in total. The highest BCUT2D eigenvalue weighted by atomic mass is 79.9. The van der Waals surface area contributed by atoms with Gasteiger partial charge in [-0.2, -0.15) is 5.10 Å². The van der Waals surface area contributed by atoms with Gasteiger partial charge >= 0.3 is 0 Å². The number of hydrogen-bond acceptors (Lipinski definition) is 3. The Labute approximate surface area is 127 Å². The largest absolute Gasteiger partial charge is 0.399 e. The maximum atomic E-state index is 5.83. The third-order valence-electron chi connectivity index (χ3n) is 3.86. The molecule has 0 radical (unpaired) electrons. The molecule has 1 aliphatic rings. The maximum Gasteiger partial charge on any atom is 0.0632 e. The second kappa shape index (κ2) is 5.97. The van der Waals surface area contributed by atoms with Crippen LogP contribution in [0.3, 0.4) is 0 Å². The van der Waals surface area contributed by atoms with E-state index in [9.17, 15) is 0 Å². The smallest absolute Gasteiger partial charge is 0.0632 e. The van der Waals surface area contributed by atoms with Crippen LogP contribution in [0.5, 0.6) is 0 Å². The SMILES string of the molecule is Nc1cccc(CN2CCC(n3cc(Br)cn3)CC2)c1. The predicted molar refractivity (Wildman–Crippen MR) is 84.3 cm³/mol. The molecule has 0 aliphatic carbocycles. The van der Waals surface area contributed by atoms with E-state index in [1.54, 1.807) is 0 Å². The summed E-state index contributed by atoms with van der Waals surface area (Å²) < 4.78 is 3.14. The molecule has 1 aromatic heterocycles. The summed E-state index contributed by atoms with van der Waals surface area (Å²) in [6.07, 6.45) is 6.23. The average molecular weight is 335 g/mol. The molecule has 0 saturated carbocycles. The van der Waals surface area contributed by atoms with Gasteiger partial charge in [0.2, 0.25) is 0 Å². The molecule has 0 unspecified atom stereocenters. The lowest BCUT2D eigenvalue weighted by molar-refractivity contribution is 0.173. The summed E-state index contributed by atoms with van der Waals surface area (Å²) in [5.41, 5.74) is 7.97. The number of benzene rings is 1. The minimum absolute atomic E-state index is 0.526. The van der Waals surface area contributed by atoms with E-state index in [-0.39, 0.29) is 0 Å². The Morgan fingerprint density at radius 1 is 1.30 bits per heavy atom. The van der Waals surface area contributed by atoms with Gasteiger partial charge in [-0.25, -0.2) is 0 Å². The zero-order chi connectivity index (χ0) is 13.9. The van der Waals surface area contributed by atoms with Gasteiger partial charge in [-0.3, -0.25) is 9.58 Å². The molecule has 1 aliphatic heterocycles. The summed E-state index contributed by atoms with van der Waals surface area (Å²) in [5, 5.41) is 4.39. The molecule has 20 heavy (non-hydrogen) atoms. The van der Waals surface area contributed by atoms with Gasteiger partial charge in [-0.15, -0.1) is 0 Å². The van der Waals surface area contributed by atoms with Crippen molar-refractivity contribution in [3.8, 4) is 0 Å². The molecular weight excluding hydrogens is 316 g/mol. The monoisotopic (exact) mass is 334 g/mol. The van der Waals surface area contributed by atoms with E-state index in [1.165, 1.54) is 5.56 Å². The molecule has 5 heteroatoms. The van der Waals surface area contributed by atoms with Gasteiger partial charge in [-0.1, -0.05) is 12.1 Å². The first-order valence-electron chi connectivity index (χ1n) is 6.97. The van der Waals surface area contributed by atoms with Crippen LogP contribution in [0.2, 0.25) is 0 Å². The molecule has 0 atom stereocenters. The molecule has 106 valence electrons. The topological polar surface area (TPSA) is 47.1 Å². The summed E-state index contributed by atoms with van der Waals surface area (Å²) in [6, 6.07) is 8.70. The summed E-state index contributed by atoms with van der Waals surface area (Å²) in [7, 11) is 0. The van der Waals surface area contributed by atoms with E-state index >= 15 is 0 Å². The van der Waals surface area contributed by atoms with Crippen molar-refractivity contribution in [2.75, 3.05) is 18.8 Å². The number of rotatable bonds is 3. The highest BCUT2D eigenvalue weighted by molar-refractivity contribution is 9.10. The summed E-state index contributed by atoms with van der Waals surface area (Å²) in [6.45, 7) is 3.20. The number of nitrogens with zero attached hydrogens (tertiary/aromatic N) is 3. The van der Waals surface area contributed by atoms with Crippen molar-refractivity contribution >= 4 is 21.6 Å². The molecule has 1 aromatic carbocycles. The van der Waals surface area contributed by atoms with Crippen molar-refractivity contribution in [3.63, 3.8) is 0 Å². The van der Waals surface area contributed by atoms with Crippen molar-refractivity contribution in [1.29, 1.82) is 0 Å². The number of piperidine rings is 1. The second-order valence-corrected chi connectivity index (χ2v) is 6.31. The van der Waals surface area contributed by atoms with Gasteiger partial charge in [0, 0.05) is 31.5 Å². The van der Waals surface area contributed by atoms with Crippen LogP contribution in [0.15, 0.2) is 41.1 Å². The lowest BCUT2D eigenvalue weighted by atomic mass is 10.0. The van der Waals surface area contributed by atoms with Crippen molar-refractivity contribution in [2.24, 2.45) is 0 Å². The predicted octanol–water partition coefficient (Wildman–Crippen LogP) is 3.06. The van der Waals surface area contributed by atoms with E-state index in [4.69, 9.17) is 5.73 Å². The van der Waals surface area contributed by atoms with E-state index in [0.29, 0.717) is 6.04 Å². The fourth-order valence-electron chi connectivity index (χ4n) is 2.81. The van der Waals surface area contributed by atoms with Crippen molar-refractivity contribution < 1.29 is 0 Å². The van der Waals surface area contributed by atoms with Crippen LogP contribution in [0, 0.1) is 0 Å². The zero-order valence-corrected chi connectivity index (χ0v) is 13.0. The molecule has 2 heterocycles. The van der Waals surface area contributed by atoms with E-state index in [0.717, 1.165) is 42.6 Å². The van der Waals surface area contributed by atoms with Crippen molar-refractivity contribution in [3.05, 3.63) is 46.7 Å². The zero-order valence-electron chi connectivity index (χ0n) is 11.4.